The number of ether oxygens (including phenoxy) is 3. The molecule has 0 saturated heterocycles. The number of methoxy groups -OCH3 is 2. The molecular formula is C17H16O3. The van der Waals surface area contributed by atoms with Gasteiger partial charge < -0.3 is 14.2 Å². The van der Waals surface area contributed by atoms with Gasteiger partial charge in [0, 0.05) is 18.2 Å². The standard InChI is InChI=1S/C17H16O3/c1-18-13-8-9-14-15(11-13)17(19-2)20-16(14)10-12-6-4-3-5-7-12/h3-11,17H,1-2H3/b16-10-. The summed E-state index contributed by atoms with van der Waals surface area (Å²) in [5.41, 5.74) is 3.14. The Hall–Kier alpha value is -2.26. The van der Waals surface area contributed by atoms with E-state index in [1.54, 1.807) is 14.2 Å². The SMILES string of the molecule is COc1ccc2c(c1)C(OC)O/C2=C\c1ccccc1. The highest BCUT2D eigenvalue weighted by Gasteiger charge is 2.28. The lowest BCUT2D eigenvalue weighted by Crippen LogP contribution is -1.98. The largest absolute Gasteiger partial charge is 0.497 e. The Bertz CT molecular complexity index is 632. The number of rotatable bonds is 3. The average Bonchev–Trinajstić information content (AvgIpc) is 2.85. The van der Waals surface area contributed by atoms with Crippen LogP contribution >= 0.6 is 0 Å². The molecule has 0 fully saturated rings. The molecule has 20 heavy (non-hydrogen) atoms. The van der Waals surface area contributed by atoms with Gasteiger partial charge in [0.1, 0.15) is 11.5 Å². The van der Waals surface area contributed by atoms with Crippen molar-refractivity contribution in [2.45, 2.75) is 6.29 Å². The monoisotopic (exact) mass is 268 g/mol. The predicted molar refractivity (Wildman–Crippen MR) is 78.1 cm³/mol. The highest BCUT2D eigenvalue weighted by molar-refractivity contribution is 5.81. The Kier molecular flexibility index (Phi) is 3.44. The van der Waals surface area contributed by atoms with E-state index < -0.39 is 0 Å². The maximum Gasteiger partial charge on any atom is 0.227 e. The molecule has 0 amide bonds. The van der Waals surface area contributed by atoms with Gasteiger partial charge in [0.15, 0.2) is 0 Å². The van der Waals surface area contributed by atoms with Crippen molar-refractivity contribution in [3.05, 3.63) is 65.2 Å². The van der Waals surface area contributed by atoms with Crippen LogP contribution in [-0.4, -0.2) is 14.2 Å². The minimum Gasteiger partial charge on any atom is -0.497 e. The zero-order chi connectivity index (χ0) is 13.9. The van der Waals surface area contributed by atoms with Crippen molar-refractivity contribution in [2.75, 3.05) is 14.2 Å². The van der Waals surface area contributed by atoms with E-state index in [0.29, 0.717) is 0 Å². The van der Waals surface area contributed by atoms with Crippen LogP contribution < -0.4 is 4.74 Å². The van der Waals surface area contributed by atoms with Crippen LogP contribution in [0.1, 0.15) is 23.0 Å². The number of fused-ring (bicyclic) bond motifs is 1. The summed E-state index contributed by atoms with van der Waals surface area (Å²) in [5, 5.41) is 0. The fraction of sp³-hybridized carbons (Fsp3) is 0.176. The van der Waals surface area contributed by atoms with Gasteiger partial charge in [0.25, 0.3) is 0 Å². The molecule has 3 nitrogen and oxygen atoms in total. The first kappa shape index (κ1) is 12.8. The average molecular weight is 268 g/mol. The lowest BCUT2D eigenvalue weighted by atomic mass is 10.1. The summed E-state index contributed by atoms with van der Waals surface area (Å²) < 4.78 is 16.5. The first-order chi connectivity index (χ1) is 9.81. The lowest BCUT2D eigenvalue weighted by Gasteiger charge is -2.09. The Morgan fingerprint density at radius 3 is 2.55 bits per heavy atom. The highest BCUT2D eigenvalue weighted by Crippen LogP contribution is 2.41. The Balaban J connectivity index is 2.03. The lowest BCUT2D eigenvalue weighted by molar-refractivity contribution is -0.0645. The summed E-state index contributed by atoms with van der Waals surface area (Å²) in [7, 11) is 3.29. The molecule has 2 aromatic carbocycles. The molecule has 0 radical (unpaired) electrons. The molecule has 102 valence electrons. The highest BCUT2D eigenvalue weighted by atomic mass is 16.7. The zero-order valence-corrected chi connectivity index (χ0v) is 11.5. The molecule has 2 aromatic rings. The van der Waals surface area contributed by atoms with Gasteiger partial charge >= 0.3 is 0 Å². The predicted octanol–water partition coefficient (Wildman–Crippen LogP) is 3.87. The molecule has 0 N–H and O–H groups in total. The second kappa shape index (κ2) is 5.39. The summed E-state index contributed by atoms with van der Waals surface area (Å²) >= 11 is 0. The van der Waals surface area contributed by atoms with Crippen LogP contribution in [0.5, 0.6) is 5.75 Å². The van der Waals surface area contributed by atoms with E-state index in [1.807, 2.05) is 54.6 Å². The molecule has 3 heteroatoms. The summed E-state index contributed by atoms with van der Waals surface area (Å²) in [6.07, 6.45) is 1.64. The molecule has 0 aliphatic carbocycles. The van der Waals surface area contributed by atoms with Crippen molar-refractivity contribution in [1.29, 1.82) is 0 Å². The molecule has 0 aromatic heterocycles. The summed E-state index contributed by atoms with van der Waals surface area (Å²) in [6, 6.07) is 16.0. The molecule has 1 unspecified atom stereocenters. The van der Waals surface area contributed by atoms with E-state index >= 15 is 0 Å². The maximum atomic E-state index is 5.87. The van der Waals surface area contributed by atoms with Crippen LogP contribution in [0.4, 0.5) is 0 Å². The van der Waals surface area contributed by atoms with Crippen LogP contribution in [0.15, 0.2) is 48.5 Å². The van der Waals surface area contributed by atoms with Gasteiger partial charge in [-0.3, -0.25) is 0 Å². The Labute approximate surface area is 118 Å². The van der Waals surface area contributed by atoms with Crippen LogP contribution in [0.3, 0.4) is 0 Å². The number of hydrogen-bond acceptors (Lipinski definition) is 3. The smallest absolute Gasteiger partial charge is 0.227 e. The van der Waals surface area contributed by atoms with Gasteiger partial charge in [-0.1, -0.05) is 30.3 Å². The number of hydrogen-bond donors (Lipinski definition) is 0. The summed E-state index contributed by atoms with van der Waals surface area (Å²) in [4.78, 5) is 0. The van der Waals surface area contributed by atoms with Crippen LogP contribution in [0.25, 0.3) is 11.8 Å². The molecule has 3 rings (SSSR count). The van der Waals surface area contributed by atoms with Gasteiger partial charge in [-0.25, -0.2) is 0 Å². The zero-order valence-electron chi connectivity index (χ0n) is 11.5. The molecule has 1 aliphatic rings. The second-order valence-corrected chi connectivity index (χ2v) is 4.56. The van der Waals surface area contributed by atoms with Crippen molar-refractivity contribution in [1.82, 2.24) is 0 Å². The fourth-order valence-corrected chi connectivity index (χ4v) is 2.32. The molecule has 1 atom stereocenters. The van der Waals surface area contributed by atoms with Gasteiger partial charge in [-0.05, 0) is 29.8 Å². The van der Waals surface area contributed by atoms with Gasteiger partial charge in [0.05, 0.1) is 7.11 Å². The van der Waals surface area contributed by atoms with Crippen molar-refractivity contribution in [3.8, 4) is 5.75 Å². The molecule has 0 bridgehead atoms. The molecule has 1 aliphatic heterocycles. The normalized spacial score (nSPS) is 18.7. The molecular weight excluding hydrogens is 252 g/mol. The Morgan fingerprint density at radius 2 is 1.85 bits per heavy atom. The number of benzene rings is 2. The third-order valence-corrected chi connectivity index (χ3v) is 3.32. The van der Waals surface area contributed by atoms with Crippen molar-refractivity contribution in [2.24, 2.45) is 0 Å². The van der Waals surface area contributed by atoms with E-state index in [1.165, 1.54) is 0 Å². The van der Waals surface area contributed by atoms with E-state index in [0.717, 1.165) is 28.2 Å². The van der Waals surface area contributed by atoms with Crippen molar-refractivity contribution >= 4 is 11.8 Å². The van der Waals surface area contributed by atoms with E-state index in [4.69, 9.17) is 14.2 Å². The fourth-order valence-electron chi connectivity index (χ4n) is 2.32. The summed E-state index contributed by atoms with van der Waals surface area (Å²) in [5.74, 6) is 1.62. The van der Waals surface area contributed by atoms with Crippen LogP contribution in [0, 0.1) is 0 Å². The second-order valence-electron chi connectivity index (χ2n) is 4.56. The van der Waals surface area contributed by atoms with Crippen molar-refractivity contribution < 1.29 is 14.2 Å². The minimum atomic E-state index is -0.380. The first-order valence-electron chi connectivity index (χ1n) is 6.46. The third kappa shape index (κ3) is 2.28. The van der Waals surface area contributed by atoms with E-state index in [9.17, 15) is 0 Å². The third-order valence-electron chi connectivity index (χ3n) is 3.32. The first-order valence-corrected chi connectivity index (χ1v) is 6.46. The summed E-state index contributed by atoms with van der Waals surface area (Å²) in [6.45, 7) is 0. The van der Waals surface area contributed by atoms with Gasteiger partial charge in [-0.2, -0.15) is 0 Å². The van der Waals surface area contributed by atoms with Crippen molar-refractivity contribution in [3.63, 3.8) is 0 Å². The van der Waals surface area contributed by atoms with Crippen LogP contribution in [0.2, 0.25) is 0 Å². The molecule has 0 spiro atoms. The quantitative estimate of drug-likeness (QED) is 0.845. The molecule has 0 saturated carbocycles. The maximum absolute atomic E-state index is 5.87. The molecule has 1 heterocycles. The van der Waals surface area contributed by atoms with Gasteiger partial charge in [0.2, 0.25) is 6.29 Å². The van der Waals surface area contributed by atoms with Gasteiger partial charge in [-0.15, -0.1) is 0 Å². The van der Waals surface area contributed by atoms with Crippen LogP contribution in [-0.2, 0) is 9.47 Å². The minimum absolute atomic E-state index is 0.380. The Morgan fingerprint density at radius 1 is 1.05 bits per heavy atom. The van der Waals surface area contributed by atoms with E-state index in [-0.39, 0.29) is 6.29 Å². The van der Waals surface area contributed by atoms with E-state index in [2.05, 4.69) is 0 Å². The topological polar surface area (TPSA) is 27.7 Å².